The number of carboxylic acids is 1. The number of amides is 1. The molecule has 0 radical (unpaired) electrons. The SMILES string of the molecule is CC1=CCC(C)N1NC(=O)c1ccc(C)c(Nc2ncnn3cc(C(=O)O)c(C)c23)c1. The molecule has 31 heavy (non-hydrogen) atoms. The third kappa shape index (κ3) is 3.70. The van der Waals surface area contributed by atoms with Gasteiger partial charge in [-0.05, 0) is 57.4 Å². The van der Waals surface area contributed by atoms with Gasteiger partial charge in [0.05, 0.1) is 11.6 Å². The molecule has 0 saturated carbocycles. The third-order valence-electron chi connectivity index (χ3n) is 5.61. The zero-order valence-electron chi connectivity index (χ0n) is 17.8. The van der Waals surface area contributed by atoms with Crippen LogP contribution in [0.15, 0.2) is 42.5 Å². The van der Waals surface area contributed by atoms with Crippen molar-refractivity contribution in [2.45, 2.75) is 40.2 Å². The molecule has 0 spiro atoms. The smallest absolute Gasteiger partial charge is 0.337 e. The van der Waals surface area contributed by atoms with Gasteiger partial charge in [0.15, 0.2) is 5.82 Å². The molecule has 1 unspecified atom stereocenters. The van der Waals surface area contributed by atoms with E-state index in [4.69, 9.17) is 0 Å². The van der Waals surface area contributed by atoms with Gasteiger partial charge in [-0.25, -0.2) is 14.3 Å². The molecule has 1 amide bonds. The number of anilines is 2. The van der Waals surface area contributed by atoms with E-state index in [0.717, 1.165) is 17.7 Å². The first-order chi connectivity index (χ1) is 14.8. The van der Waals surface area contributed by atoms with Gasteiger partial charge in [0.2, 0.25) is 0 Å². The Morgan fingerprint density at radius 1 is 1.23 bits per heavy atom. The fourth-order valence-corrected chi connectivity index (χ4v) is 3.76. The maximum absolute atomic E-state index is 12.8. The Morgan fingerprint density at radius 3 is 2.68 bits per heavy atom. The number of aryl methyl sites for hydroxylation is 2. The van der Waals surface area contributed by atoms with Gasteiger partial charge < -0.3 is 10.4 Å². The van der Waals surface area contributed by atoms with Crippen LogP contribution in [0.25, 0.3) is 5.52 Å². The summed E-state index contributed by atoms with van der Waals surface area (Å²) in [5, 5.41) is 18.6. The van der Waals surface area contributed by atoms with E-state index >= 15 is 0 Å². The predicted molar refractivity (Wildman–Crippen MR) is 116 cm³/mol. The van der Waals surface area contributed by atoms with E-state index in [1.807, 2.05) is 24.9 Å². The van der Waals surface area contributed by atoms with E-state index in [1.165, 1.54) is 17.0 Å². The number of aromatic carboxylic acids is 1. The highest BCUT2D eigenvalue weighted by Gasteiger charge is 2.22. The highest BCUT2D eigenvalue weighted by atomic mass is 16.4. The fourth-order valence-electron chi connectivity index (χ4n) is 3.76. The monoisotopic (exact) mass is 420 g/mol. The Bertz CT molecular complexity index is 1230. The molecule has 0 saturated heterocycles. The quantitative estimate of drug-likeness (QED) is 0.580. The van der Waals surface area contributed by atoms with Crippen molar-refractivity contribution >= 4 is 28.9 Å². The van der Waals surface area contributed by atoms with Crippen LogP contribution < -0.4 is 10.7 Å². The number of carboxylic acid groups (broad SMARTS) is 1. The molecule has 0 aliphatic carbocycles. The maximum Gasteiger partial charge on any atom is 0.337 e. The summed E-state index contributed by atoms with van der Waals surface area (Å²) in [6.45, 7) is 7.67. The molecule has 3 heterocycles. The van der Waals surface area contributed by atoms with Gasteiger partial charge in [-0.1, -0.05) is 12.1 Å². The number of benzene rings is 1. The van der Waals surface area contributed by atoms with Gasteiger partial charge in [0.25, 0.3) is 5.91 Å². The number of hydrogen-bond acceptors (Lipinski definition) is 6. The molecule has 9 heteroatoms. The molecule has 1 atom stereocenters. The van der Waals surface area contributed by atoms with Crippen LogP contribution in [0.3, 0.4) is 0 Å². The Labute approximate surface area is 179 Å². The first-order valence-electron chi connectivity index (χ1n) is 9.97. The van der Waals surface area contributed by atoms with Crippen molar-refractivity contribution in [3.63, 3.8) is 0 Å². The number of carbonyl (C=O) groups is 2. The van der Waals surface area contributed by atoms with Crippen LogP contribution in [0.2, 0.25) is 0 Å². The van der Waals surface area contributed by atoms with Crippen LogP contribution in [-0.2, 0) is 0 Å². The molecule has 1 aliphatic rings. The summed E-state index contributed by atoms with van der Waals surface area (Å²) >= 11 is 0. The molecule has 160 valence electrons. The molecule has 0 bridgehead atoms. The third-order valence-corrected chi connectivity index (χ3v) is 5.61. The lowest BCUT2D eigenvalue weighted by molar-refractivity contribution is 0.0695. The van der Waals surface area contributed by atoms with E-state index in [0.29, 0.717) is 28.1 Å². The van der Waals surface area contributed by atoms with Crippen LogP contribution in [0.4, 0.5) is 11.5 Å². The lowest BCUT2D eigenvalue weighted by Crippen LogP contribution is -2.43. The number of fused-ring (bicyclic) bond motifs is 1. The van der Waals surface area contributed by atoms with Gasteiger partial charge in [-0.15, -0.1) is 0 Å². The Kier molecular flexibility index (Phi) is 5.10. The largest absolute Gasteiger partial charge is 0.478 e. The van der Waals surface area contributed by atoms with Crippen LogP contribution in [-0.4, -0.2) is 42.6 Å². The first kappa shape index (κ1) is 20.4. The highest BCUT2D eigenvalue weighted by Crippen LogP contribution is 2.27. The van der Waals surface area contributed by atoms with Crippen molar-refractivity contribution in [2.75, 3.05) is 5.32 Å². The molecule has 4 rings (SSSR count). The molecule has 1 aliphatic heterocycles. The minimum Gasteiger partial charge on any atom is -0.478 e. The number of hydrogen-bond donors (Lipinski definition) is 3. The van der Waals surface area contributed by atoms with E-state index in [-0.39, 0.29) is 17.5 Å². The lowest BCUT2D eigenvalue weighted by Gasteiger charge is -2.26. The van der Waals surface area contributed by atoms with Crippen LogP contribution in [0.1, 0.15) is 52.1 Å². The van der Waals surface area contributed by atoms with Crippen LogP contribution in [0.5, 0.6) is 0 Å². The number of rotatable bonds is 5. The molecular weight excluding hydrogens is 396 g/mol. The van der Waals surface area contributed by atoms with Crippen molar-refractivity contribution in [3.8, 4) is 0 Å². The normalized spacial score (nSPS) is 15.8. The number of nitrogens with one attached hydrogen (secondary N) is 2. The molecular formula is C22H24N6O3. The van der Waals surface area contributed by atoms with Gasteiger partial charge in [0.1, 0.15) is 11.8 Å². The van der Waals surface area contributed by atoms with Crippen LogP contribution >= 0.6 is 0 Å². The second-order valence-corrected chi connectivity index (χ2v) is 7.77. The minimum absolute atomic E-state index is 0.163. The van der Waals surface area contributed by atoms with Gasteiger partial charge in [-0.3, -0.25) is 15.2 Å². The molecule has 2 aromatic heterocycles. The zero-order chi connectivity index (χ0) is 22.3. The second-order valence-electron chi connectivity index (χ2n) is 7.77. The van der Waals surface area contributed by atoms with E-state index in [9.17, 15) is 14.7 Å². The van der Waals surface area contributed by atoms with Crippen molar-refractivity contribution in [1.29, 1.82) is 0 Å². The Morgan fingerprint density at radius 2 is 2.00 bits per heavy atom. The van der Waals surface area contributed by atoms with Crippen molar-refractivity contribution in [2.24, 2.45) is 0 Å². The lowest BCUT2D eigenvalue weighted by atomic mass is 10.1. The second kappa shape index (κ2) is 7.75. The first-order valence-corrected chi connectivity index (χ1v) is 9.97. The van der Waals surface area contributed by atoms with Crippen molar-refractivity contribution in [3.05, 3.63) is 64.8 Å². The van der Waals surface area contributed by atoms with Crippen LogP contribution in [0, 0.1) is 13.8 Å². The summed E-state index contributed by atoms with van der Waals surface area (Å²) in [5.74, 6) is -0.763. The van der Waals surface area contributed by atoms with E-state index in [2.05, 4.69) is 33.8 Å². The molecule has 0 fully saturated rings. The van der Waals surface area contributed by atoms with E-state index < -0.39 is 5.97 Å². The van der Waals surface area contributed by atoms with Crippen molar-refractivity contribution in [1.82, 2.24) is 25.0 Å². The topological polar surface area (TPSA) is 112 Å². The minimum atomic E-state index is -1.02. The molecule has 9 nitrogen and oxygen atoms in total. The average Bonchev–Trinajstić information content (AvgIpc) is 3.24. The summed E-state index contributed by atoms with van der Waals surface area (Å²) in [6.07, 6.45) is 5.81. The summed E-state index contributed by atoms with van der Waals surface area (Å²) in [4.78, 5) is 28.6. The Hall–Kier alpha value is -3.88. The predicted octanol–water partition coefficient (Wildman–Crippen LogP) is 3.43. The highest BCUT2D eigenvalue weighted by molar-refractivity contribution is 5.96. The van der Waals surface area contributed by atoms with Gasteiger partial charge in [0, 0.05) is 23.1 Å². The number of aromatic nitrogens is 3. The molecule has 3 N–H and O–H groups in total. The van der Waals surface area contributed by atoms with Crippen molar-refractivity contribution < 1.29 is 14.7 Å². The number of hydrazine groups is 1. The summed E-state index contributed by atoms with van der Waals surface area (Å²) in [6, 6.07) is 5.61. The van der Waals surface area contributed by atoms with Gasteiger partial charge >= 0.3 is 5.97 Å². The number of allylic oxidation sites excluding steroid dienone is 1. The fraction of sp³-hybridized carbons (Fsp3) is 0.273. The maximum atomic E-state index is 12.8. The standard InChI is InChI=1S/C22H24N6O3/c1-12-5-8-16(21(29)26-28-13(2)6-7-14(28)3)9-18(12)25-20-19-15(4)17(22(30)31)10-27(19)24-11-23-20/h5-6,8-11,14H,7H2,1-4H3,(H,26,29)(H,30,31)(H,23,24,25). The zero-order valence-corrected chi connectivity index (χ0v) is 17.8. The average molecular weight is 420 g/mol. The molecule has 1 aromatic carbocycles. The summed E-state index contributed by atoms with van der Waals surface area (Å²) in [5.41, 5.74) is 7.40. The molecule has 3 aromatic rings. The van der Waals surface area contributed by atoms with Gasteiger partial charge in [-0.2, -0.15) is 5.10 Å². The number of carbonyl (C=O) groups excluding carboxylic acids is 1. The number of nitrogens with zero attached hydrogens (tertiary/aromatic N) is 4. The van der Waals surface area contributed by atoms with E-state index in [1.54, 1.807) is 19.1 Å². The summed E-state index contributed by atoms with van der Waals surface area (Å²) < 4.78 is 1.49. The summed E-state index contributed by atoms with van der Waals surface area (Å²) in [7, 11) is 0. The Balaban J connectivity index is 1.65.